The van der Waals surface area contributed by atoms with Crippen LogP contribution in [0.25, 0.3) is 0 Å². The number of hydrogen-bond acceptors (Lipinski definition) is 3. The highest BCUT2D eigenvalue weighted by Crippen LogP contribution is 2.24. The lowest BCUT2D eigenvalue weighted by Crippen LogP contribution is -2.50. The number of rotatable bonds is 2. The number of methoxy groups -OCH3 is 1. The van der Waals surface area contributed by atoms with Crippen molar-refractivity contribution in [3.8, 4) is 6.07 Å². The number of nitrogens with zero attached hydrogens (tertiary/aromatic N) is 2. The van der Waals surface area contributed by atoms with Crippen LogP contribution in [0.15, 0.2) is 0 Å². The molecule has 2 atom stereocenters. The Kier molecular flexibility index (Phi) is 3.29. The second-order valence-electron chi connectivity index (χ2n) is 4.03. The summed E-state index contributed by atoms with van der Waals surface area (Å²) in [6.45, 7) is 5.95. The quantitative estimate of drug-likeness (QED) is 0.647. The van der Waals surface area contributed by atoms with Gasteiger partial charge >= 0.3 is 0 Å². The molecule has 0 aromatic heterocycles. The van der Waals surface area contributed by atoms with Crippen molar-refractivity contribution in [3.63, 3.8) is 0 Å². The van der Waals surface area contributed by atoms with Crippen LogP contribution in [-0.4, -0.2) is 36.7 Å². The van der Waals surface area contributed by atoms with Crippen LogP contribution in [0.4, 0.5) is 0 Å². The molecule has 0 saturated carbocycles. The third-order valence-electron chi connectivity index (χ3n) is 2.92. The topological polar surface area (TPSA) is 36.3 Å². The first-order valence-electron chi connectivity index (χ1n) is 4.80. The third kappa shape index (κ3) is 2.43. The van der Waals surface area contributed by atoms with E-state index < -0.39 is 0 Å². The monoisotopic (exact) mass is 182 g/mol. The Morgan fingerprint density at radius 1 is 1.62 bits per heavy atom. The van der Waals surface area contributed by atoms with Crippen molar-refractivity contribution in [2.45, 2.75) is 38.3 Å². The minimum absolute atomic E-state index is 0.00905. The van der Waals surface area contributed by atoms with Crippen LogP contribution in [0.5, 0.6) is 0 Å². The Morgan fingerprint density at radius 2 is 2.31 bits per heavy atom. The average Bonchev–Trinajstić information content (AvgIpc) is 2.17. The van der Waals surface area contributed by atoms with Crippen LogP contribution < -0.4 is 0 Å². The fraction of sp³-hybridized carbons (Fsp3) is 0.900. The lowest BCUT2D eigenvalue weighted by atomic mass is 9.94. The Balaban J connectivity index is 2.57. The zero-order chi connectivity index (χ0) is 9.90. The summed E-state index contributed by atoms with van der Waals surface area (Å²) < 4.78 is 5.45. The van der Waals surface area contributed by atoms with Crippen molar-refractivity contribution < 1.29 is 4.74 Å². The first-order chi connectivity index (χ1) is 6.11. The maximum absolute atomic E-state index is 8.80. The Bertz CT molecular complexity index is 211. The normalized spacial score (nSPS) is 32.5. The van der Waals surface area contributed by atoms with Gasteiger partial charge in [-0.05, 0) is 33.2 Å². The van der Waals surface area contributed by atoms with Crippen LogP contribution in [-0.2, 0) is 4.74 Å². The summed E-state index contributed by atoms with van der Waals surface area (Å²) in [6, 6.07) is 2.28. The zero-order valence-electron chi connectivity index (χ0n) is 8.71. The highest BCUT2D eigenvalue weighted by Gasteiger charge is 2.32. The summed E-state index contributed by atoms with van der Waals surface area (Å²) >= 11 is 0. The number of piperidine rings is 1. The Labute approximate surface area is 80.3 Å². The van der Waals surface area contributed by atoms with Gasteiger partial charge in [0.1, 0.15) is 0 Å². The van der Waals surface area contributed by atoms with Gasteiger partial charge in [0.2, 0.25) is 0 Å². The highest BCUT2D eigenvalue weighted by molar-refractivity contribution is 4.94. The summed E-state index contributed by atoms with van der Waals surface area (Å²) in [4.78, 5) is 2.19. The van der Waals surface area contributed by atoms with Gasteiger partial charge in [-0.3, -0.25) is 4.90 Å². The van der Waals surface area contributed by atoms with E-state index in [-0.39, 0.29) is 11.6 Å². The molecule has 1 saturated heterocycles. The first-order valence-corrected chi connectivity index (χ1v) is 4.80. The van der Waals surface area contributed by atoms with Crippen molar-refractivity contribution in [1.29, 1.82) is 5.26 Å². The van der Waals surface area contributed by atoms with Gasteiger partial charge in [0.05, 0.1) is 17.7 Å². The van der Waals surface area contributed by atoms with E-state index in [1.807, 2.05) is 6.92 Å². The number of ether oxygens (including phenoxy) is 1. The van der Waals surface area contributed by atoms with Crippen molar-refractivity contribution in [2.24, 2.45) is 0 Å². The molecule has 1 rings (SSSR count). The second-order valence-corrected chi connectivity index (χ2v) is 4.03. The molecule has 13 heavy (non-hydrogen) atoms. The van der Waals surface area contributed by atoms with E-state index >= 15 is 0 Å². The maximum Gasteiger partial charge on any atom is 0.0950 e. The Morgan fingerprint density at radius 3 is 2.85 bits per heavy atom. The SMILES string of the molecule is COC1(C)CCCN(C(C)C#N)C1. The van der Waals surface area contributed by atoms with E-state index in [0.29, 0.717) is 0 Å². The molecule has 74 valence electrons. The molecule has 0 aromatic carbocycles. The number of hydrogen-bond donors (Lipinski definition) is 0. The first kappa shape index (κ1) is 10.5. The smallest absolute Gasteiger partial charge is 0.0950 e. The minimum atomic E-state index is -0.0522. The molecule has 0 spiro atoms. The summed E-state index contributed by atoms with van der Waals surface area (Å²) in [5.74, 6) is 0. The zero-order valence-corrected chi connectivity index (χ0v) is 8.71. The molecule has 3 heteroatoms. The van der Waals surface area contributed by atoms with Gasteiger partial charge in [-0.1, -0.05) is 0 Å². The molecular weight excluding hydrogens is 164 g/mol. The molecule has 1 fully saturated rings. The predicted octanol–water partition coefficient (Wildman–Crippen LogP) is 1.40. The van der Waals surface area contributed by atoms with Crippen molar-refractivity contribution in [3.05, 3.63) is 0 Å². The molecule has 1 aliphatic rings. The van der Waals surface area contributed by atoms with Gasteiger partial charge in [0.25, 0.3) is 0 Å². The fourth-order valence-corrected chi connectivity index (χ4v) is 1.82. The van der Waals surface area contributed by atoms with Crippen LogP contribution in [0.1, 0.15) is 26.7 Å². The summed E-state index contributed by atoms with van der Waals surface area (Å²) in [5, 5.41) is 8.80. The van der Waals surface area contributed by atoms with E-state index in [4.69, 9.17) is 10.00 Å². The van der Waals surface area contributed by atoms with Crippen LogP contribution in [0.2, 0.25) is 0 Å². The molecule has 0 radical (unpaired) electrons. The van der Waals surface area contributed by atoms with E-state index in [0.717, 1.165) is 25.9 Å². The summed E-state index contributed by atoms with van der Waals surface area (Å²) in [7, 11) is 1.75. The summed E-state index contributed by atoms with van der Waals surface area (Å²) in [6.07, 6.45) is 2.22. The second kappa shape index (κ2) is 4.08. The van der Waals surface area contributed by atoms with Crippen LogP contribution >= 0.6 is 0 Å². The largest absolute Gasteiger partial charge is 0.377 e. The van der Waals surface area contributed by atoms with E-state index in [9.17, 15) is 0 Å². The standard InChI is InChI=1S/C10H18N2O/c1-9(7-11)12-6-4-5-10(2,8-12)13-3/h9H,4-6,8H2,1-3H3. The number of likely N-dealkylation sites (tertiary alicyclic amines) is 1. The van der Waals surface area contributed by atoms with Crippen LogP contribution in [0.3, 0.4) is 0 Å². The van der Waals surface area contributed by atoms with Gasteiger partial charge in [-0.25, -0.2) is 0 Å². The molecule has 0 bridgehead atoms. The van der Waals surface area contributed by atoms with Crippen molar-refractivity contribution in [1.82, 2.24) is 4.90 Å². The van der Waals surface area contributed by atoms with Gasteiger partial charge < -0.3 is 4.74 Å². The molecule has 0 N–H and O–H groups in total. The lowest BCUT2D eigenvalue weighted by molar-refractivity contribution is -0.0547. The molecule has 0 aliphatic carbocycles. The number of nitriles is 1. The van der Waals surface area contributed by atoms with E-state index in [1.165, 1.54) is 0 Å². The summed E-state index contributed by atoms with van der Waals surface area (Å²) in [5.41, 5.74) is -0.0522. The molecule has 1 heterocycles. The maximum atomic E-state index is 8.80. The third-order valence-corrected chi connectivity index (χ3v) is 2.92. The minimum Gasteiger partial charge on any atom is -0.377 e. The molecule has 3 nitrogen and oxygen atoms in total. The fourth-order valence-electron chi connectivity index (χ4n) is 1.82. The van der Waals surface area contributed by atoms with E-state index in [1.54, 1.807) is 7.11 Å². The molecular formula is C10H18N2O. The Hall–Kier alpha value is -0.590. The molecule has 2 unspecified atom stereocenters. The lowest BCUT2D eigenvalue weighted by Gasteiger charge is -2.40. The highest BCUT2D eigenvalue weighted by atomic mass is 16.5. The van der Waals surface area contributed by atoms with Crippen molar-refractivity contribution >= 4 is 0 Å². The van der Waals surface area contributed by atoms with Gasteiger partial charge in [0.15, 0.2) is 0 Å². The predicted molar refractivity (Wildman–Crippen MR) is 51.3 cm³/mol. The van der Waals surface area contributed by atoms with E-state index in [2.05, 4.69) is 17.9 Å². The van der Waals surface area contributed by atoms with Crippen LogP contribution in [0, 0.1) is 11.3 Å². The molecule has 0 aromatic rings. The van der Waals surface area contributed by atoms with Gasteiger partial charge in [0, 0.05) is 13.7 Å². The van der Waals surface area contributed by atoms with Gasteiger partial charge in [-0.2, -0.15) is 5.26 Å². The van der Waals surface area contributed by atoms with Gasteiger partial charge in [-0.15, -0.1) is 0 Å². The molecule has 0 amide bonds. The molecule has 1 aliphatic heterocycles. The average molecular weight is 182 g/mol. The van der Waals surface area contributed by atoms with Crippen molar-refractivity contribution in [2.75, 3.05) is 20.2 Å².